The molecule has 5 nitrogen and oxygen atoms in total. The van der Waals surface area contributed by atoms with E-state index in [1.807, 2.05) is 23.9 Å². The third-order valence-corrected chi connectivity index (χ3v) is 3.60. The molecule has 0 saturated carbocycles. The van der Waals surface area contributed by atoms with Gasteiger partial charge >= 0.3 is 0 Å². The van der Waals surface area contributed by atoms with Crippen LogP contribution in [0.3, 0.4) is 0 Å². The van der Waals surface area contributed by atoms with Crippen LogP contribution in [-0.2, 0) is 13.6 Å². The molecule has 0 amide bonds. The largest absolute Gasteiger partial charge is 0.508 e. The molecule has 0 radical (unpaired) electrons. The highest BCUT2D eigenvalue weighted by Crippen LogP contribution is 2.37. The number of ether oxygens (including phenoxy) is 1. The minimum atomic E-state index is 0.201. The molecule has 100 valence electrons. The minimum absolute atomic E-state index is 0.201. The molecule has 2 heterocycles. The Balaban J connectivity index is 1.80. The van der Waals surface area contributed by atoms with E-state index >= 15 is 0 Å². The van der Waals surface area contributed by atoms with Crippen molar-refractivity contribution < 1.29 is 9.84 Å². The number of rotatable bonds is 3. The summed E-state index contributed by atoms with van der Waals surface area (Å²) in [5.74, 6) is 2.04. The van der Waals surface area contributed by atoms with Gasteiger partial charge in [0.25, 0.3) is 0 Å². The fourth-order valence-electron chi connectivity index (χ4n) is 2.43. The molecule has 0 fully saturated rings. The van der Waals surface area contributed by atoms with E-state index in [0.717, 1.165) is 23.7 Å². The van der Waals surface area contributed by atoms with Crippen LogP contribution in [0.4, 0.5) is 0 Å². The number of hydrogen-bond acceptors (Lipinski definition) is 4. The van der Waals surface area contributed by atoms with Gasteiger partial charge in [0.1, 0.15) is 23.9 Å². The summed E-state index contributed by atoms with van der Waals surface area (Å²) in [6.07, 6.45) is 3.75. The number of phenols is 1. The second-order valence-corrected chi connectivity index (χ2v) is 4.92. The Bertz CT molecular complexity index is 594. The van der Waals surface area contributed by atoms with E-state index in [-0.39, 0.29) is 11.8 Å². The van der Waals surface area contributed by atoms with E-state index in [4.69, 9.17) is 4.74 Å². The number of likely N-dealkylation sites (N-methyl/N-ethyl adjacent to an activating group) is 1. The molecule has 1 aliphatic heterocycles. The first-order chi connectivity index (χ1) is 9.15. The second kappa shape index (κ2) is 4.59. The molecule has 1 atom stereocenters. The number of hydrogen-bond donors (Lipinski definition) is 1. The van der Waals surface area contributed by atoms with E-state index in [2.05, 4.69) is 16.9 Å². The lowest BCUT2D eigenvalue weighted by atomic mass is 10.1. The van der Waals surface area contributed by atoms with Crippen molar-refractivity contribution in [2.45, 2.75) is 12.6 Å². The quantitative estimate of drug-likeness (QED) is 0.911. The summed E-state index contributed by atoms with van der Waals surface area (Å²) in [4.78, 5) is 6.55. The van der Waals surface area contributed by atoms with Gasteiger partial charge in [0.05, 0.1) is 12.6 Å². The topological polar surface area (TPSA) is 50.5 Å². The number of fused-ring (bicyclic) bond motifs is 1. The van der Waals surface area contributed by atoms with Gasteiger partial charge in [0, 0.05) is 31.1 Å². The van der Waals surface area contributed by atoms with Gasteiger partial charge in [-0.25, -0.2) is 4.98 Å². The molecule has 0 bridgehead atoms. The van der Waals surface area contributed by atoms with Crippen LogP contribution in [0.25, 0.3) is 0 Å². The molecule has 0 saturated heterocycles. The lowest BCUT2D eigenvalue weighted by Crippen LogP contribution is -2.26. The number of phenolic OH excluding ortho intramolecular Hbond substituents is 1. The molecule has 1 aromatic carbocycles. The third-order valence-electron chi connectivity index (χ3n) is 3.60. The van der Waals surface area contributed by atoms with Crippen molar-refractivity contribution in [1.82, 2.24) is 14.5 Å². The average molecular weight is 259 g/mol. The SMILES string of the molecule is CN(Cc1nccn1C)C1COc2cc(O)ccc21. The number of aromatic hydroxyl groups is 1. The first kappa shape index (κ1) is 12.0. The zero-order chi connectivity index (χ0) is 13.4. The average Bonchev–Trinajstić information content (AvgIpc) is 2.96. The van der Waals surface area contributed by atoms with Crippen molar-refractivity contribution in [2.75, 3.05) is 13.7 Å². The van der Waals surface area contributed by atoms with Gasteiger partial charge in [-0.1, -0.05) is 0 Å². The Hall–Kier alpha value is -2.01. The van der Waals surface area contributed by atoms with Crippen LogP contribution in [0.2, 0.25) is 0 Å². The Labute approximate surface area is 112 Å². The maximum atomic E-state index is 9.46. The highest BCUT2D eigenvalue weighted by Gasteiger charge is 2.28. The smallest absolute Gasteiger partial charge is 0.127 e. The summed E-state index contributed by atoms with van der Waals surface area (Å²) in [6.45, 7) is 1.37. The maximum absolute atomic E-state index is 9.46. The summed E-state index contributed by atoms with van der Waals surface area (Å²) in [5, 5.41) is 9.46. The molecule has 19 heavy (non-hydrogen) atoms. The van der Waals surface area contributed by atoms with Crippen LogP contribution >= 0.6 is 0 Å². The lowest BCUT2D eigenvalue weighted by molar-refractivity contribution is 0.184. The highest BCUT2D eigenvalue weighted by atomic mass is 16.5. The number of aryl methyl sites for hydroxylation is 1. The van der Waals surface area contributed by atoms with E-state index in [9.17, 15) is 5.11 Å². The van der Waals surface area contributed by atoms with Crippen LogP contribution in [0.1, 0.15) is 17.4 Å². The van der Waals surface area contributed by atoms with Gasteiger partial charge in [0.15, 0.2) is 0 Å². The first-order valence-corrected chi connectivity index (χ1v) is 6.27. The zero-order valence-corrected chi connectivity index (χ0v) is 11.1. The van der Waals surface area contributed by atoms with Crippen molar-refractivity contribution >= 4 is 0 Å². The van der Waals surface area contributed by atoms with Crippen molar-refractivity contribution in [2.24, 2.45) is 7.05 Å². The summed E-state index contributed by atoms with van der Waals surface area (Å²) in [7, 11) is 4.05. The standard InChI is InChI=1S/C14H17N3O2/c1-16-6-5-15-14(16)8-17(2)12-9-19-13-7-10(18)3-4-11(12)13/h3-7,12,18H,8-9H2,1-2H3. The summed E-state index contributed by atoms with van der Waals surface area (Å²) < 4.78 is 7.65. The molecule has 1 aromatic heterocycles. The van der Waals surface area contributed by atoms with E-state index in [1.54, 1.807) is 18.3 Å². The van der Waals surface area contributed by atoms with E-state index < -0.39 is 0 Å². The molecule has 0 spiro atoms. The van der Waals surface area contributed by atoms with Crippen molar-refractivity contribution in [3.8, 4) is 11.5 Å². The maximum Gasteiger partial charge on any atom is 0.127 e. The number of aromatic nitrogens is 2. The highest BCUT2D eigenvalue weighted by molar-refractivity contribution is 5.44. The summed E-state index contributed by atoms with van der Waals surface area (Å²) in [5.41, 5.74) is 1.12. The summed E-state index contributed by atoms with van der Waals surface area (Å²) in [6, 6.07) is 5.50. The Morgan fingerprint density at radius 3 is 3.11 bits per heavy atom. The minimum Gasteiger partial charge on any atom is -0.508 e. The molecule has 1 unspecified atom stereocenters. The van der Waals surface area contributed by atoms with Crippen molar-refractivity contribution in [1.29, 1.82) is 0 Å². The molecule has 1 aliphatic rings. The summed E-state index contributed by atoms with van der Waals surface area (Å²) >= 11 is 0. The second-order valence-electron chi connectivity index (χ2n) is 4.92. The molecular weight excluding hydrogens is 242 g/mol. The lowest BCUT2D eigenvalue weighted by Gasteiger charge is -2.22. The van der Waals surface area contributed by atoms with E-state index in [1.165, 1.54) is 0 Å². The third kappa shape index (κ3) is 2.17. The number of benzene rings is 1. The fourth-order valence-corrected chi connectivity index (χ4v) is 2.43. The van der Waals surface area contributed by atoms with Crippen molar-refractivity contribution in [3.05, 3.63) is 42.0 Å². The molecule has 3 rings (SSSR count). The fraction of sp³-hybridized carbons (Fsp3) is 0.357. The van der Waals surface area contributed by atoms with Crippen molar-refractivity contribution in [3.63, 3.8) is 0 Å². The van der Waals surface area contributed by atoms with Gasteiger partial charge in [0.2, 0.25) is 0 Å². The zero-order valence-electron chi connectivity index (χ0n) is 11.1. The first-order valence-electron chi connectivity index (χ1n) is 6.27. The normalized spacial score (nSPS) is 17.5. The van der Waals surface area contributed by atoms with Gasteiger partial charge in [-0.15, -0.1) is 0 Å². The number of nitrogens with zero attached hydrogens (tertiary/aromatic N) is 3. The Kier molecular flexibility index (Phi) is 2.91. The predicted molar refractivity (Wildman–Crippen MR) is 71.0 cm³/mol. The van der Waals surface area contributed by atoms with Gasteiger partial charge in [-0.3, -0.25) is 4.90 Å². The predicted octanol–water partition coefficient (Wildman–Crippen LogP) is 1.69. The molecular formula is C14H17N3O2. The monoisotopic (exact) mass is 259 g/mol. The Morgan fingerprint density at radius 1 is 1.53 bits per heavy atom. The molecule has 2 aromatic rings. The number of imidazole rings is 1. The molecule has 1 N–H and O–H groups in total. The van der Waals surface area contributed by atoms with Gasteiger partial charge in [-0.05, 0) is 19.2 Å². The van der Waals surface area contributed by atoms with E-state index in [0.29, 0.717) is 6.61 Å². The van der Waals surface area contributed by atoms with Crippen LogP contribution in [0.15, 0.2) is 30.6 Å². The molecule has 5 heteroatoms. The molecule has 0 aliphatic carbocycles. The van der Waals surface area contributed by atoms with Gasteiger partial charge in [-0.2, -0.15) is 0 Å². The van der Waals surface area contributed by atoms with Crippen LogP contribution in [0, 0.1) is 0 Å². The van der Waals surface area contributed by atoms with Crippen LogP contribution in [-0.4, -0.2) is 33.2 Å². The van der Waals surface area contributed by atoms with Gasteiger partial charge < -0.3 is 14.4 Å². The Morgan fingerprint density at radius 2 is 2.37 bits per heavy atom. The van der Waals surface area contributed by atoms with Crippen LogP contribution in [0.5, 0.6) is 11.5 Å². The van der Waals surface area contributed by atoms with Crippen LogP contribution < -0.4 is 4.74 Å².